The molecular formula is C21H16ClN7O2. The summed E-state index contributed by atoms with van der Waals surface area (Å²) in [6, 6.07) is 9.12. The lowest BCUT2D eigenvalue weighted by atomic mass is 10.1. The minimum Gasteiger partial charge on any atom is -0.480 e. The van der Waals surface area contributed by atoms with Crippen molar-refractivity contribution in [2.24, 2.45) is 0 Å². The van der Waals surface area contributed by atoms with E-state index >= 15 is 0 Å². The van der Waals surface area contributed by atoms with E-state index in [9.17, 15) is 0 Å². The van der Waals surface area contributed by atoms with Gasteiger partial charge in [0.1, 0.15) is 24.3 Å². The van der Waals surface area contributed by atoms with Gasteiger partial charge in [-0.05, 0) is 36.1 Å². The third-order valence-corrected chi connectivity index (χ3v) is 5.13. The van der Waals surface area contributed by atoms with E-state index in [0.29, 0.717) is 47.1 Å². The maximum absolute atomic E-state index is 6.28. The number of imidazole rings is 1. The van der Waals surface area contributed by atoms with Crippen molar-refractivity contribution in [3.63, 3.8) is 0 Å². The Morgan fingerprint density at radius 3 is 2.74 bits per heavy atom. The molecule has 0 spiro atoms. The topological polar surface area (TPSA) is 92.8 Å². The average Bonchev–Trinajstić information content (AvgIpc) is 3.34. The zero-order chi connectivity index (χ0) is 21.4. The molecule has 154 valence electrons. The Morgan fingerprint density at radius 1 is 1.06 bits per heavy atom. The molecule has 1 aliphatic heterocycles. The second kappa shape index (κ2) is 7.83. The van der Waals surface area contributed by atoms with Crippen molar-refractivity contribution in [2.75, 3.05) is 14.2 Å². The first-order valence-electron chi connectivity index (χ1n) is 9.35. The number of nitrogens with zero attached hydrogens (tertiary/aromatic N) is 7. The van der Waals surface area contributed by atoms with Crippen LogP contribution in [0.4, 0.5) is 0 Å². The molecule has 0 radical (unpaired) electrons. The SMILES string of the molecule is COCc1nnc2n1Cc1c(C#Cc3ccc(OC)nn3)ncn1-c1ccc(Cl)cc1-2. The molecular weight excluding hydrogens is 418 g/mol. The van der Waals surface area contributed by atoms with Crippen LogP contribution in [0, 0.1) is 11.8 Å². The molecule has 0 atom stereocenters. The van der Waals surface area contributed by atoms with Crippen LogP contribution in [0.25, 0.3) is 17.1 Å². The van der Waals surface area contributed by atoms with Crippen molar-refractivity contribution < 1.29 is 9.47 Å². The summed E-state index contributed by atoms with van der Waals surface area (Å²) < 4.78 is 14.3. The fraction of sp³-hybridized carbons (Fsp3) is 0.190. The van der Waals surface area contributed by atoms with Crippen LogP contribution >= 0.6 is 11.6 Å². The number of methoxy groups -OCH3 is 2. The van der Waals surface area contributed by atoms with Crippen molar-refractivity contribution in [3.05, 3.63) is 64.6 Å². The van der Waals surface area contributed by atoms with Gasteiger partial charge in [0.05, 0.1) is 25.0 Å². The number of benzene rings is 1. The van der Waals surface area contributed by atoms with Crippen LogP contribution in [-0.4, -0.2) is 48.7 Å². The predicted molar refractivity (Wildman–Crippen MR) is 112 cm³/mol. The Kier molecular flexibility index (Phi) is 4.86. The second-order valence-corrected chi connectivity index (χ2v) is 7.18. The summed E-state index contributed by atoms with van der Waals surface area (Å²) in [5.41, 5.74) is 3.81. The molecule has 31 heavy (non-hydrogen) atoms. The van der Waals surface area contributed by atoms with Crippen molar-refractivity contribution >= 4 is 11.6 Å². The van der Waals surface area contributed by atoms with E-state index in [4.69, 9.17) is 21.1 Å². The van der Waals surface area contributed by atoms with Gasteiger partial charge < -0.3 is 14.0 Å². The molecule has 0 saturated carbocycles. The van der Waals surface area contributed by atoms with Gasteiger partial charge in [0.15, 0.2) is 11.6 Å². The molecule has 4 aromatic rings. The highest BCUT2D eigenvalue weighted by molar-refractivity contribution is 6.31. The molecule has 3 aromatic heterocycles. The number of hydrogen-bond acceptors (Lipinski definition) is 7. The van der Waals surface area contributed by atoms with Gasteiger partial charge >= 0.3 is 0 Å². The van der Waals surface area contributed by atoms with E-state index < -0.39 is 0 Å². The Labute approximate surface area is 182 Å². The number of fused-ring (bicyclic) bond motifs is 5. The lowest BCUT2D eigenvalue weighted by Crippen LogP contribution is -2.09. The Bertz CT molecular complexity index is 1330. The Balaban J connectivity index is 1.64. The molecule has 1 aromatic carbocycles. The van der Waals surface area contributed by atoms with Gasteiger partial charge in [0.2, 0.25) is 5.88 Å². The van der Waals surface area contributed by atoms with Gasteiger partial charge in [0, 0.05) is 23.8 Å². The van der Waals surface area contributed by atoms with Crippen LogP contribution < -0.4 is 4.74 Å². The second-order valence-electron chi connectivity index (χ2n) is 6.74. The molecule has 9 nitrogen and oxygen atoms in total. The molecule has 0 saturated heterocycles. The largest absolute Gasteiger partial charge is 0.480 e. The molecule has 0 amide bonds. The van der Waals surface area contributed by atoms with E-state index in [1.807, 2.05) is 27.3 Å². The lowest BCUT2D eigenvalue weighted by molar-refractivity contribution is 0.174. The van der Waals surface area contributed by atoms with Crippen LogP contribution in [0.15, 0.2) is 36.7 Å². The first kappa shape index (κ1) is 19.2. The number of aromatic nitrogens is 7. The van der Waals surface area contributed by atoms with Crippen LogP contribution in [0.1, 0.15) is 22.9 Å². The van der Waals surface area contributed by atoms with Gasteiger partial charge in [0.25, 0.3) is 0 Å². The van der Waals surface area contributed by atoms with E-state index in [1.54, 1.807) is 25.6 Å². The fourth-order valence-electron chi connectivity index (χ4n) is 3.44. The average molecular weight is 434 g/mol. The smallest absolute Gasteiger partial charge is 0.233 e. The summed E-state index contributed by atoms with van der Waals surface area (Å²) in [4.78, 5) is 4.54. The van der Waals surface area contributed by atoms with Gasteiger partial charge in [-0.2, -0.15) is 0 Å². The highest BCUT2D eigenvalue weighted by Gasteiger charge is 2.25. The maximum Gasteiger partial charge on any atom is 0.233 e. The van der Waals surface area contributed by atoms with Crippen molar-refractivity contribution in [2.45, 2.75) is 13.2 Å². The maximum atomic E-state index is 6.28. The standard InChI is InChI=1S/C21H16ClN7O2/c1-30-11-19-25-27-21-15-9-13(22)3-7-17(15)29-12-23-16(18(29)10-28(19)21)6-4-14-5-8-20(31-2)26-24-14/h3,5,7-9,12H,10-11H2,1-2H3. The summed E-state index contributed by atoms with van der Waals surface area (Å²) in [5.74, 6) is 7.99. The molecule has 10 heteroatoms. The zero-order valence-electron chi connectivity index (χ0n) is 16.7. The molecule has 5 rings (SSSR count). The number of hydrogen-bond donors (Lipinski definition) is 0. The Morgan fingerprint density at radius 2 is 1.97 bits per heavy atom. The highest BCUT2D eigenvalue weighted by atomic mass is 35.5. The minimum absolute atomic E-state index is 0.333. The summed E-state index contributed by atoms with van der Waals surface area (Å²) in [7, 11) is 3.16. The summed E-state index contributed by atoms with van der Waals surface area (Å²) >= 11 is 6.28. The van der Waals surface area contributed by atoms with Crippen molar-refractivity contribution in [3.8, 4) is 34.8 Å². The van der Waals surface area contributed by atoms with Crippen molar-refractivity contribution in [1.29, 1.82) is 0 Å². The van der Waals surface area contributed by atoms with Gasteiger partial charge in [-0.3, -0.25) is 4.57 Å². The van der Waals surface area contributed by atoms with Crippen LogP contribution in [0.5, 0.6) is 5.88 Å². The molecule has 0 fully saturated rings. The van der Waals surface area contributed by atoms with Gasteiger partial charge in [-0.25, -0.2) is 4.98 Å². The van der Waals surface area contributed by atoms with Crippen LogP contribution in [-0.2, 0) is 17.9 Å². The fourth-order valence-corrected chi connectivity index (χ4v) is 3.61. The Hall–Kier alpha value is -3.74. The summed E-state index contributed by atoms with van der Waals surface area (Å²) in [6.45, 7) is 0.811. The van der Waals surface area contributed by atoms with Crippen LogP contribution in [0.3, 0.4) is 0 Å². The van der Waals surface area contributed by atoms with Gasteiger partial charge in [-0.1, -0.05) is 11.6 Å². The predicted octanol–water partition coefficient (Wildman–Crippen LogP) is 2.49. The zero-order valence-corrected chi connectivity index (χ0v) is 17.5. The highest BCUT2D eigenvalue weighted by Crippen LogP contribution is 2.34. The quantitative estimate of drug-likeness (QED) is 0.403. The normalized spacial score (nSPS) is 11.6. The number of ether oxygens (including phenoxy) is 2. The molecule has 0 unspecified atom stereocenters. The summed E-state index contributed by atoms with van der Waals surface area (Å²) in [6.07, 6.45) is 1.75. The molecule has 4 heterocycles. The monoisotopic (exact) mass is 433 g/mol. The first-order chi connectivity index (χ1) is 15.2. The minimum atomic E-state index is 0.333. The first-order valence-corrected chi connectivity index (χ1v) is 9.73. The molecule has 0 N–H and O–H groups in total. The van der Waals surface area contributed by atoms with E-state index in [1.165, 1.54) is 7.11 Å². The van der Waals surface area contributed by atoms with E-state index in [-0.39, 0.29) is 0 Å². The van der Waals surface area contributed by atoms with Crippen LogP contribution in [0.2, 0.25) is 5.02 Å². The van der Waals surface area contributed by atoms with Crippen molar-refractivity contribution in [1.82, 2.24) is 34.5 Å². The third kappa shape index (κ3) is 3.42. The number of halogens is 1. The van der Waals surface area contributed by atoms with E-state index in [0.717, 1.165) is 16.9 Å². The third-order valence-electron chi connectivity index (χ3n) is 4.89. The molecule has 0 aliphatic carbocycles. The van der Waals surface area contributed by atoms with E-state index in [2.05, 4.69) is 37.2 Å². The molecule has 1 aliphatic rings. The lowest BCUT2D eigenvalue weighted by Gasteiger charge is -2.08. The number of rotatable bonds is 3. The molecule has 0 bridgehead atoms. The summed E-state index contributed by atoms with van der Waals surface area (Å²) in [5, 5.41) is 17.3. The van der Waals surface area contributed by atoms with Gasteiger partial charge in [-0.15, -0.1) is 20.4 Å².